The second kappa shape index (κ2) is 6.80. The van der Waals surface area contributed by atoms with Crippen molar-refractivity contribution in [2.24, 2.45) is 17.6 Å². The summed E-state index contributed by atoms with van der Waals surface area (Å²) >= 11 is 0. The average molecular weight is 214 g/mol. The van der Waals surface area contributed by atoms with Gasteiger partial charge < -0.3 is 15.8 Å². The van der Waals surface area contributed by atoms with Crippen LogP contribution >= 0.6 is 0 Å². The number of rotatable bonds is 6. The molecule has 3 N–H and O–H groups in total. The van der Waals surface area contributed by atoms with Gasteiger partial charge in [0.2, 0.25) is 5.91 Å². The summed E-state index contributed by atoms with van der Waals surface area (Å²) in [7, 11) is 0. The zero-order valence-corrected chi connectivity index (χ0v) is 9.50. The van der Waals surface area contributed by atoms with E-state index in [1.807, 2.05) is 0 Å². The first-order valence-electron chi connectivity index (χ1n) is 5.77. The number of hydrogen-bond acceptors (Lipinski definition) is 3. The van der Waals surface area contributed by atoms with E-state index in [9.17, 15) is 4.79 Å². The Hall–Kier alpha value is -0.610. The van der Waals surface area contributed by atoms with Crippen LogP contribution in [0.1, 0.15) is 26.2 Å². The molecule has 1 saturated heterocycles. The van der Waals surface area contributed by atoms with Crippen molar-refractivity contribution in [3.8, 4) is 0 Å². The maximum atomic E-state index is 11.4. The fourth-order valence-corrected chi connectivity index (χ4v) is 1.59. The van der Waals surface area contributed by atoms with Gasteiger partial charge in [0.15, 0.2) is 0 Å². The van der Waals surface area contributed by atoms with Crippen LogP contribution in [0.4, 0.5) is 0 Å². The highest BCUT2D eigenvalue weighted by Crippen LogP contribution is 2.10. The van der Waals surface area contributed by atoms with E-state index in [4.69, 9.17) is 10.5 Å². The predicted molar refractivity (Wildman–Crippen MR) is 59.4 cm³/mol. The maximum Gasteiger partial charge on any atom is 0.220 e. The van der Waals surface area contributed by atoms with Crippen LogP contribution in [0.25, 0.3) is 0 Å². The minimum Gasteiger partial charge on any atom is -0.381 e. The molecule has 15 heavy (non-hydrogen) atoms. The van der Waals surface area contributed by atoms with Crippen LogP contribution in [-0.2, 0) is 9.53 Å². The van der Waals surface area contributed by atoms with E-state index in [2.05, 4.69) is 12.2 Å². The van der Waals surface area contributed by atoms with Crippen molar-refractivity contribution < 1.29 is 9.53 Å². The topological polar surface area (TPSA) is 64.4 Å². The third kappa shape index (κ3) is 5.14. The Morgan fingerprint density at radius 3 is 3.07 bits per heavy atom. The van der Waals surface area contributed by atoms with E-state index in [0.29, 0.717) is 24.8 Å². The van der Waals surface area contributed by atoms with E-state index in [-0.39, 0.29) is 5.91 Å². The van der Waals surface area contributed by atoms with E-state index in [0.717, 1.165) is 32.6 Å². The van der Waals surface area contributed by atoms with Crippen molar-refractivity contribution in [3.05, 3.63) is 0 Å². The Labute approximate surface area is 91.5 Å². The zero-order chi connectivity index (χ0) is 11.1. The summed E-state index contributed by atoms with van der Waals surface area (Å²) in [6.45, 7) is 5.11. The first-order chi connectivity index (χ1) is 7.22. The molecule has 0 saturated carbocycles. The van der Waals surface area contributed by atoms with Gasteiger partial charge in [0, 0.05) is 25.5 Å². The van der Waals surface area contributed by atoms with Crippen LogP contribution in [-0.4, -0.2) is 32.2 Å². The summed E-state index contributed by atoms with van der Waals surface area (Å²) in [4.78, 5) is 11.4. The van der Waals surface area contributed by atoms with Crippen molar-refractivity contribution in [1.29, 1.82) is 0 Å². The first kappa shape index (κ1) is 12.5. The quantitative estimate of drug-likeness (QED) is 0.677. The lowest BCUT2D eigenvalue weighted by Crippen LogP contribution is -2.29. The largest absolute Gasteiger partial charge is 0.381 e. The summed E-state index contributed by atoms with van der Waals surface area (Å²) in [5.74, 6) is 1.09. The fraction of sp³-hybridized carbons (Fsp3) is 0.909. The second-order valence-corrected chi connectivity index (χ2v) is 4.41. The van der Waals surface area contributed by atoms with Gasteiger partial charge >= 0.3 is 0 Å². The molecule has 1 aliphatic heterocycles. The van der Waals surface area contributed by atoms with Crippen molar-refractivity contribution in [1.82, 2.24) is 5.32 Å². The lowest BCUT2D eigenvalue weighted by molar-refractivity contribution is -0.121. The zero-order valence-electron chi connectivity index (χ0n) is 9.50. The molecule has 1 amide bonds. The number of nitrogens with two attached hydrogens (primary N) is 1. The molecule has 2 atom stereocenters. The Morgan fingerprint density at radius 2 is 2.47 bits per heavy atom. The molecule has 0 bridgehead atoms. The Morgan fingerprint density at radius 1 is 1.67 bits per heavy atom. The summed E-state index contributed by atoms with van der Waals surface area (Å²) in [6, 6.07) is 0. The van der Waals surface area contributed by atoms with Gasteiger partial charge in [-0.15, -0.1) is 0 Å². The van der Waals surface area contributed by atoms with Gasteiger partial charge in [0.05, 0.1) is 6.61 Å². The molecule has 0 aromatic rings. The molecule has 1 aliphatic rings. The molecule has 0 radical (unpaired) electrons. The average Bonchev–Trinajstić information content (AvgIpc) is 2.75. The second-order valence-electron chi connectivity index (χ2n) is 4.41. The van der Waals surface area contributed by atoms with Crippen molar-refractivity contribution in [2.45, 2.75) is 26.2 Å². The SMILES string of the molecule is CC(CN)CCC(=O)NCC1CCOC1. The highest BCUT2D eigenvalue weighted by Gasteiger charge is 2.16. The van der Waals surface area contributed by atoms with Crippen LogP contribution in [0.5, 0.6) is 0 Å². The molecular weight excluding hydrogens is 192 g/mol. The Balaban J connectivity index is 2.02. The molecule has 0 aromatic carbocycles. The van der Waals surface area contributed by atoms with Crippen LogP contribution in [0.3, 0.4) is 0 Å². The number of hydrogen-bond donors (Lipinski definition) is 2. The molecule has 1 rings (SSSR count). The van der Waals surface area contributed by atoms with E-state index in [1.165, 1.54) is 0 Å². The number of ether oxygens (including phenoxy) is 1. The molecule has 88 valence electrons. The highest BCUT2D eigenvalue weighted by atomic mass is 16.5. The number of amides is 1. The number of carbonyl (C=O) groups excluding carboxylic acids is 1. The van der Waals surface area contributed by atoms with Crippen molar-refractivity contribution >= 4 is 5.91 Å². The minimum absolute atomic E-state index is 0.141. The van der Waals surface area contributed by atoms with Gasteiger partial charge in [0.25, 0.3) is 0 Å². The smallest absolute Gasteiger partial charge is 0.220 e. The first-order valence-corrected chi connectivity index (χ1v) is 5.77. The molecule has 1 fully saturated rings. The van der Waals surface area contributed by atoms with Gasteiger partial charge in [-0.2, -0.15) is 0 Å². The van der Waals surface area contributed by atoms with Crippen molar-refractivity contribution in [3.63, 3.8) is 0 Å². The van der Waals surface area contributed by atoms with Gasteiger partial charge in [0.1, 0.15) is 0 Å². The lowest BCUT2D eigenvalue weighted by Gasteiger charge is -2.11. The molecular formula is C11H22N2O2. The third-order valence-electron chi connectivity index (χ3n) is 2.88. The normalized spacial score (nSPS) is 22.7. The van der Waals surface area contributed by atoms with Gasteiger partial charge in [-0.25, -0.2) is 0 Å². The standard InChI is InChI=1S/C11H22N2O2/c1-9(6-12)2-3-11(14)13-7-10-4-5-15-8-10/h9-10H,2-8,12H2,1H3,(H,13,14). The lowest BCUT2D eigenvalue weighted by atomic mass is 10.1. The number of nitrogens with one attached hydrogen (secondary N) is 1. The number of carbonyl (C=O) groups is 1. The van der Waals surface area contributed by atoms with Gasteiger partial charge in [-0.3, -0.25) is 4.79 Å². The molecule has 4 nitrogen and oxygen atoms in total. The summed E-state index contributed by atoms with van der Waals surface area (Å²) < 4.78 is 5.24. The Bertz CT molecular complexity index is 191. The minimum atomic E-state index is 0.141. The third-order valence-corrected chi connectivity index (χ3v) is 2.88. The summed E-state index contributed by atoms with van der Waals surface area (Å²) in [5, 5.41) is 2.94. The highest BCUT2D eigenvalue weighted by molar-refractivity contribution is 5.75. The van der Waals surface area contributed by atoms with Crippen LogP contribution < -0.4 is 11.1 Å². The van der Waals surface area contributed by atoms with Gasteiger partial charge in [-0.05, 0) is 25.3 Å². The summed E-state index contributed by atoms with van der Waals surface area (Å²) in [5.41, 5.74) is 5.48. The summed E-state index contributed by atoms with van der Waals surface area (Å²) in [6.07, 6.45) is 2.54. The van der Waals surface area contributed by atoms with E-state index >= 15 is 0 Å². The molecule has 4 heteroatoms. The molecule has 0 spiro atoms. The fourth-order valence-electron chi connectivity index (χ4n) is 1.59. The van der Waals surface area contributed by atoms with Crippen LogP contribution in [0.2, 0.25) is 0 Å². The monoisotopic (exact) mass is 214 g/mol. The van der Waals surface area contributed by atoms with E-state index in [1.54, 1.807) is 0 Å². The predicted octanol–water partition coefficient (Wildman–Crippen LogP) is 0.514. The maximum absolute atomic E-state index is 11.4. The molecule has 0 aliphatic carbocycles. The van der Waals surface area contributed by atoms with E-state index < -0.39 is 0 Å². The molecule has 1 heterocycles. The van der Waals surface area contributed by atoms with Crippen LogP contribution in [0, 0.1) is 11.8 Å². The van der Waals surface area contributed by atoms with Crippen LogP contribution in [0.15, 0.2) is 0 Å². The molecule has 2 unspecified atom stereocenters. The van der Waals surface area contributed by atoms with Gasteiger partial charge in [-0.1, -0.05) is 6.92 Å². The Kier molecular flexibility index (Phi) is 5.65. The van der Waals surface area contributed by atoms with Crippen molar-refractivity contribution in [2.75, 3.05) is 26.3 Å². The molecule has 0 aromatic heterocycles.